The number of rotatable bonds is 4. The Bertz CT molecular complexity index is 391. The average molecular weight is 240 g/mol. The Hall–Kier alpha value is -1.00. The van der Waals surface area contributed by atoms with Crippen molar-refractivity contribution in [3.63, 3.8) is 0 Å². The van der Waals surface area contributed by atoms with Crippen LogP contribution in [0.4, 0.5) is 8.78 Å². The predicted octanol–water partition coefficient (Wildman–Crippen LogP) is 2.45. The van der Waals surface area contributed by atoms with Gasteiger partial charge >= 0.3 is 0 Å². The minimum atomic E-state index is -0.809. The first-order valence-corrected chi connectivity index (χ1v) is 6.00. The van der Waals surface area contributed by atoms with Crippen LogP contribution in [-0.2, 0) is 0 Å². The summed E-state index contributed by atoms with van der Waals surface area (Å²) in [5.74, 6) is -1.61. The molecule has 94 valence electrons. The molecule has 2 rings (SSSR count). The number of benzene rings is 1. The summed E-state index contributed by atoms with van der Waals surface area (Å²) in [5, 5.41) is 0. The highest BCUT2D eigenvalue weighted by Crippen LogP contribution is 2.30. The highest BCUT2D eigenvalue weighted by Gasteiger charge is 2.28. The molecule has 2 nitrogen and oxygen atoms in total. The van der Waals surface area contributed by atoms with Crippen LogP contribution in [0.3, 0.4) is 0 Å². The molecular weight excluding hydrogens is 222 g/mol. The molecule has 0 spiro atoms. The number of hydrogen-bond acceptors (Lipinski definition) is 2. The van der Waals surface area contributed by atoms with Crippen molar-refractivity contribution in [2.75, 3.05) is 13.6 Å². The monoisotopic (exact) mass is 240 g/mol. The van der Waals surface area contributed by atoms with Crippen molar-refractivity contribution >= 4 is 0 Å². The molecule has 0 radical (unpaired) electrons. The van der Waals surface area contributed by atoms with Crippen LogP contribution < -0.4 is 5.73 Å². The molecule has 0 saturated heterocycles. The third-order valence-electron chi connectivity index (χ3n) is 3.69. The second kappa shape index (κ2) is 5.10. The SMILES string of the molecule is CN(C1CCC1)C(CN)c1ccc(F)c(F)c1. The molecule has 2 N–H and O–H groups in total. The fourth-order valence-electron chi connectivity index (χ4n) is 2.31. The summed E-state index contributed by atoms with van der Waals surface area (Å²) in [4.78, 5) is 2.18. The Kier molecular flexibility index (Phi) is 3.74. The van der Waals surface area contributed by atoms with Crippen molar-refractivity contribution in [1.82, 2.24) is 4.90 Å². The topological polar surface area (TPSA) is 29.3 Å². The molecule has 1 atom stereocenters. The van der Waals surface area contributed by atoms with Crippen LogP contribution in [0.5, 0.6) is 0 Å². The highest BCUT2D eigenvalue weighted by molar-refractivity contribution is 5.22. The van der Waals surface area contributed by atoms with Gasteiger partial charge in [0.2, 0.25) is 0 Å². The third kappa shape index (κ3) is 2.48. The number of halogens is 2. The fourth-order valence-corrected chi connectivity index (χ4v) is 2.31. The quantitative estimate of drug-likeness (QED) is 0.876. The Labute approximate surface area is 100 Å². The first-order valence-electron chi connectivity index (χ1n) is 6.00. The zero-order chi connectivity index (χ0) is 12.4. The number of hydrogen-bond donors (Lipinski definition) is 1. The van der Waals surface area contributed by atoms with E-state index < -0.39 is 11.6 Å². The number of nitrogens with zero attached hydrogens (tertiary/aromatic N) is 1. The van der Waals surface area contributed by atoms with Gasteiger partial charge in [0.15, 0.2) is 11.6 Å². The van der Waals surface area contributed by atoms with E-state index in [1.54, 1.807) is 6.07 Å². The van der Waals surface area contributed by atoms with Crippen LogP contribution in [0.1, 0.15) is 30.9 Å². The largest absolute Gasteiger partial charge is 0.329 e. The van der Waals surface area contributed by atoms with Crippen molar-refractivity contribution in [2.24, 2.45) is 5.73 Å². The smallest absolute Gasteiger partial charge is 0.159 e. The van der Waals surface area contributed by atoms with Crippen molar-refractivity contribution in [1.29, 1.82) is 0 Å². The molecule has 1 aromatic carbocycles. The Balaban J connectivity index is 2.18. The Morgan fingerprint density at radius 3 is 2.53 bits per heavy atom. The summed E-state index contributed by atoms with van der Waals surface area (Å²) < 4.78 is 26.1. The van der Waals surface area contributed by atoms with Crippen molar-refractivity contribution < 1.29 is 8.78 Å². The van der Waals surface area contributed by atoms with E-state index in [0.29, 0.717) is 12.6 Å². The van der Waals surface area contributed by atoms with E-state index >= 15 is 0 Å². The van der Waals surface area contributed by atoms with Gasteiger partial charge in [0.05, 0.1) is 0 Å². The minimum Gasteiger partial charge on any atom is -0.329 e. The normalized spacial score (nSPS) is 18.2. The Morgan fingerprint density at radius 1 is 1.35 bits per heavy atom. The lowest BCUT2D eigenvalue weighted by Crippen LogP contribution is -2.42. The van der Waals surface area contributed by atoms with Crippen LogP contribution in [0.25, 0.3) is 0 Å². The third-order valence-corrected chi connectivity index (χ3v) is 3.69. The molecule has 17 heavy (non-hydrogen) atoms. The zero-order valence-corrected chi connectivity index (χ0v) is 10.00. The van der Waals surface area contributed by atoms with Crippen molar-refractivity contribution in [3.05, 3.63) is 35.4 Å². The van der Waals surface area contributed by atoms with Gasteiger partial charge in [-0.1, -0.05) is 12.5 Å². The first-order chi connectivity index (χ1) is 8.13. The number of likely N-dealkylation sites (N-methyl/N-ethyl adjacent to an activating group) is 1. The van der Waals surface area contributed by atoms with E-state index in [1.807, 2.05) is 7.05 Å². The average Bonchev–Trinajstić information content (AvgIpc) is 2.22. The van der Waals surface area contributed by atoms with Crippen LogP contribution in [0, 0.1) is 11.6 Å². The molecule has 0 amide bonds. The zero-order valence-electron chi connectivity index (χ0n) is 10.00. The summed E-state index contributed by atoms with van der Waals surface area (Å²) in [6, 6.07) is 4.53. The van der Waals surface area contributed by atoms with Gasteiger partial charge in [0.25, 0.3) is 0 Å². The number of nitrogens with two attached hydrogens (primary N) is 1. The molecule has 1 fully saturated rings. The lowest BCUT2D eigenvalue weighted by Gasteiger charge is -2.39. The molecule has 1 saturated carbocycles. The maximum Gasteiger partial charge on any atom is 0.159 e. The van der Waals surface area contributed by atoms with E-state index in [-0.39, 0.29) is 6.04 Å². The van der Waals surface area contributed by atoms with Gasteiger partial charge in [0.1, 0.15) is 0 Å². The summed E-state index contributed by atoms with van der Waals surface area (Å²) in [6.45, 7) is 0.415. The molecule has 0 aromatic heterocycles. The first kappa shape index (κ1) is 12.5. The standard InChI is InChI=1S/C13H18F2N2/c1-17(10-3-2-4-10)13(8-16)9-5-6-11(14)12(15)7-9/h5-7,10,13H,2-4,8,16H2,1H3. The minimum absolute atomic E-state index is 0.0320. The van der Waals surface area contributed by atoms with Gasteiger partial charge in [-0.05, 0) is 37.6 Å². The van der Waals surface area contributed by atoms with Gasteiger partial charge < -0.3 is 5.73 Å². The molecule has 1 unspecified atom stereocenters. The second-order valence-corrected chi connectivity index (χ2v) is 4.68. The lowest BCUT2D eigenvalue weighted by molar-refractivity contribution is 0.113. The van der Waals surface area contributed by atoms with Crippen LogP contribution in [0.15, 0.2) is 18.2 Å². The Morgan fingerprint density at radius 2 is 2.06 bits per heavy atom. The van der Waals surface area contributed by atoms with E-state index in [9.17, 15) is 8.78 Å². The predicted molar refractivity (Wildman–Crippen MR) is 63.6 cm³/mol. The summed E-state index contributed by atoms with van der Waals surface area (Å²) >= 11 is 0. The van der Waals surface area contributed by atoms with Crippen LogP contribution in [-0.4, -0.2) is 24.5 Å². The maximum absolute atomic E-state index is 13.2. The fraction of sp³-hybridized carbons (Fsp3) is 0.538. The molecule has 1 aromatic rings. The maximum atomic E-state index is 13.2. The highest BCUT2D eigenvalue weighted by atomic mass is 19.2. The lowest BCUT2D eigenvalue weighted by atomic mass is 9.89. The second-order valence-electron chi connectivity index (χ2n) is 4.68. The van der Waals surface area contributed by atoms with E-state index in [2.05, 4.69) is 4.90 Å². The van der Waals surface area contributed by atoms with Gasteiger partial charge in [-0.3, -0.25) is 4.90 Å². The van der Waals surface area contributed by atoms with E-state index in [0.717, 1.165) is 18.4 Å². The van der Waals surface area contributed by atoms with E-state index in [1.165, 1.54) is 18.6 Å². The molecule has 1 aliphatic rings. The van der Waals surface area contributed by atoms with E-state index in [4.69, 9.17) is 5.73 Å². The van der Waals surface area contributed by atoms with Crippen molar-refractivity contribution in [3.8, 4) is 0 Å². The summed E-state index contributed by atoms with van der Waals surface area (Å²) in [5.41, 5.74) is 6.50. The van der Waals surface area contributed by atoms with Crippen LogP contribution >= 0.6 is 0 Å². The van der Waals surface area contributed by atoms with Gasteiger partial charge in [-0.15, -0.1) is 0 Å². The molecule has 0 bridgehead atoms. The molecule has 4 heteroatoms. The summed E-state index contributed by atoms with van der Waals surface area (Å²) in [6.07, 6.45) is 3.57. The van der Waals surface area contributed by atoms with Gasteiger partial charge in [-0.2, -0.15) is 0 Å². The van der Waals surface area contributed by atoms with Crippen LogP contribution in [0.2, 0.25) is 0 Å². The van der Waals surface area contributed by atoms with Gasteiger partial charge in [0, 0.05) is 18.6 Å². The molecule has 0 heterocycles. The molecule has 1 aliphatic carbocycles. The van der Waals surface area contributed by atoms with Crippen molar-refractivity contribution in [2.45, 2.75) is 31.3 Å². The molecular formula is C13H18F2N2. The molecule has 0 aliphatic heterocycles. The van der Waals surface area contributed by atoms with Gasteiger partial charge in [-0.25, -0.2) is 8.78 Å². The summed E-state index contributed by atoms with van der Waals surface area (Å²) in [7, 11) is 2.00.